The number of ketones is 1. The second kappa shape index (κ2) is 8.67. The Morgan fingerprint density at radius 1 is 0.818 bits per heavy atom. The van der Waals surface area contributed by atoms with Gasteiger partial charge in [-0.25, -0.2) is 4.98 Å². The number of azo groups is 1. The molecule has 0 fully saturated rings. The van der Waals surface area contributed by atoms with E-state index in [0.717, 1.165) is 41.1 Å². The normalized spacial score (nSPS) is 12.7. The molecule has 170 valence electrons. The third-order valence-electron chi connectivity index (χ3n) is 4.43. The molecule has 0 saturated heterocycles. The molecule has 33 heavy (non-hydrogen) atoms. The van der Waals surface area contributed by atoms with E-state index in [4.69, 9.17) is 0 Å². The number of hydrogen-bond donors (Lipinski definition) is 0. The molecule has 4 aromatic rings. The first kappa shape index (κ1) is 23.1. The standard InChI is InChI=1S/C21H11F6N3OS2/c22-20(23,24)12-3-1-11(2-4-12)15(31)9-17-28-19-16(32-17)10-18(33-19)30-29-14-7-5-13(6-8-14)21(25,26)27/h1-8,10H,9H2. The average molecular weight is 499 g/mol. The first-order valence-electron chi connectivity index (χ1n) is 9.18. The molecular formula is C21H11F6N3OS2. The van der Waals surface area contributed by atoms with Gasteiger partial charge in [-0.15, -0.1) is 21.6 Å². The maximum absolute atomic E-state index is 12.6. The van der Waals surface area contributed by atoms with Crippen LogP contribution in [-0.2, 0) is 18.8 Å². The van der Waals surface area contributed by atoms with Crippen LogP contribution in [0.25, 0.3) is 9.53 Å². The van der Waals surface area contributed by atoms with Crippen LogP contribution < -0.4 is 0 Å². The van der Waals surface area contributed by atoms with Crippen molar-refractivity contribution in [2.75, 3.05) is 0 Å². The average Bonchev–Trinajstić information content (AvgIpc) is 3.29. The van der Waals surface area contributed by atoms with Crippen molar-refractivity contribution in [3.05, 3.63) is 76.3 Å². The Morgan fingerprint density at radius 3 is 1.94 bits per heavy atom. The Hall–Kier alpha value is -3.12. The molecule has 0 saturated carbocycles. The van der Waals surface area contributed by atoms with Crippen molar-refractivity contribution in [3.8, 4) is 0 Å². The van der Waals surface area contributed by atoms with Crippen molar-refractivity contribution in [1.29, 1.82) is 0 Å². The number of hydrogen-bond acceptors (Lipinski definition) is 6. The molecular weight excluding hydrogens is 488 g/mol. The topological polar surface area (TPSA) is 54.7 Å². The summed E-state index contributed by atoms with van der Waals surface area (Å²) < 4.78 is 76.5. The van der Waals surface area contributed by atoms with E-state index in [9.17, 15) is 31.1 Å². The number of nitrogens with zero attached hydrogens (tertiary/aromatic N) is 3. The molecule has 0 N–H and O–H groups in total. The van der Waals surface area contributed by atoms with Crippen LogP contribution in [0.15, 0.2) is 64.8 Å². The zero-order valence-electron chi connectivity index (χ0n) is 16.2. The number of benzene rings is 2. The van der Waals surface area contributed by atoms with Crippen LogP contribution in [0.1, 0.15) is 26.5 Å². The van der Waals surface area contributed by atoms with Gasteiger partial charge in [-0.3, -0.25) is 4.79 Å². The first-order chi connectivity index (χ1) is 15.5. The van der Waals surface area contributed by atoms with Crippen LogP contribution in [0.5, 0.6) is 0 Å². The predicted octanol–water partition coefficient (Wildman–Crippen LogP) is 8.24. The van der Waals surface area contributed by atoms with Crippen molar-refractivity contribution in [2.45, 2.75) is 18.8 Å². The van der Waals surface area contributed by atoms with E-state index in [1.54, 1.807) is 6.07 Å². The minimum absolute atomic E-state index is 0.0557. The summed E-state index contributed by atoms with van der Waals surface area (Å²) in [7, 11) is 0. The summed E-state index contributed by atoms with van der Waals surface area (Å²) in [6, 6.07) is 9.96. The second-order valence-electron chi connectivity index (χ2n) is 6.78. The Bertz CT molecular complexity index is 1290. The molecule has 2 aromatic heterocycles. The Kier molecular flexibility index (Phi) is 6.06. The van der Waals surface area contributed by atoms with Gasteiger partial charge in [0.05, 0.1) is 27.9 Å². The molecule has 0 bridgehead atoms. The highest BCUT2D eigenvalue weighted by atomic mass is 32.1. The van der Waals surface area contributed by atoms with Gasteiger partial charge in [0.2, 0.25) is 0 Å². The highest BCUT2D eigenvalue weighted by Gasteiger charge is 2.30. The lowest BCUT2D eigenvalue weighted by molar-refractivity contribution is -0.138. The number of thiophene rings is 1. The number of aromatic nitrogens is 1. The minimum atomic E-state index is -4.47. The molecule has 0 aliphatic heterocycles. The molecule has 4 nitrogen and oxygen atoms in total. The number of rotatable bonds is 5. The number of carbonyl (C=O) groups excluding carboxylic acids is 1. The number of thiazole rings is 1. The van der Waals surface area contributed by atoms with E-state index in [-0.39, 0.29) is 23.5 Å². The van der Waals surface area contributed by atoms with Gasteiger partial charge >= 0.3 is 12.4 Å². The highest BCUT2D eigenvalue weighted by molar-refractivity contribution is 7.29. The number of fused-ring (bicyclic) bond motifs is 1. The lowest BCUT2D eigenvalue weighted by Gasteiger charge is -2.06. The van der Waals surface area contributed by atoms with Gasteiger partial charge in [0.1, 0.15) is 14.8 Å². The summed E-state index contributed by atoms with van der Waals surface area (Å²) in [6.45, 7) is 0. The zero-order chi connectivity index (χ0) is 23.8. The van der Waals surface area contributed by atoms with Crippen molar-refractivity contribution in [3.63, 3.8) is 0 Å². The van der Waals surface area contributed by atoms with Gasteiger partial charge < -0.3 is 0 Å². The zero-order valence-corrected chi connectivity index (χ0v) is 17.9. The van der Waals surface area contributed by atoms with Crippen molar-refractivity contribution in [1.82, 2.24) is 4.98 Å². The predicted molar refractivity (Wildman–Crippen MR) is 113 cm³/mol. The monoisotopic (exact) mass is 499 g/mol. The fourth-order valence-electron chi connectivity index (χ4n) is 2.80. The third-order valence-corrected chi connectivity index (χ3v) is 6.47. The third kappa shape index (κ3) is 5.45. The Morgan fingerprint density at radius 2 is 1.39 bits per heavy atom. The van der Waals surface area contributed by atoms with E-state index in [2.05, 4.69) is 15.2 Å². The highest BCUT2D eigenvalue weighted by Crippen LogP contribution is 2.37. The number of alkyl halides is 6. The van der Waals surface area contributed by atoms with E-state index in [1.807, 2.05) is 0 Å². The van der Waals surface area contributed by atoms with E-state index in [0.29, 0.717) is 14.8 Å². The van der Waals surface area contributed by atoms with Gasteiger partial charge in [0.15, 0.2) is 5.78 Å². The van der Waals surface area contributed by atoms with Gasteiger partial charge in [-0.05, 0) is 42.5 Å². The van der Waals surface area contributed by atoms with E-state index in [1.165, 1.54) is 34.8 Å². The molecule has 12 heteroatoms. The lowest BCUT2D eigenvalue weighted by Crippen LogP contribution is -2.07. The van der Waals surface area contributed by atoms with Crippen molar-refractivity contribution in [2.24, 2.45) is 10.2 Å². The summed E-state index contributed by atoms with van der Waals surface area (Å²) in [5, 5.41) is 8.93. The quantitative estimate of drug-likeness (QED) is 0.158. The minimum Gasteiger partial charge on any atom is -0.294 e. The summed E-state index contributed by atoms with van der Waals surface area (Å²) in [4.78, 5) is 17.3. The van der Waals surface area contributed by atoms with Crippen LogP contribution in [-0.4, -0.2) is 10.8 Å². The molecule has 0 atom stereocenters. The van der Waals surface area contributed by atoms with Crippen LogP contribution in [0.3, 0.4) is 0 Å². The number of Topliss-reactive ketones (excluding diaryl/α,β-unsaturated/α-hetero) is 1. The fraction of sp³-hybridized carbons (Fsp3) is 0.143. The smallest absolute Gasteiger partial charge is 0.294 e. The number of carbonyl (C=O) groups is 1. The number of halogens is 6. The summed E-state index contributed by atoms with van der Waals surface area (Å²) >= 11 is 2.44. The van der Waals surface area contributed by atoms with E-state index < -0.39 is 23.5 Å². The molecule has 0 amide bonds. The largest absolute Gasteiger partial charge is 0.416 e. The molecule has 0 aliphatic carbocycles. The summed E-state index contributed by atoms with van der Waals surface area (Å²) in [6.07, 6.45) is -8.95. The summed E-state index contributed by atoms with van der Waals surface area (Å²) in [5.74, 6) is -0.354. The maximum Gasteiger partial charge on any atom is 0.416 e. The molecule has 2 heterocycles. The van der Waals surface area contributed by atoms with Crippen LogP contribution in [0, 0.1) is 0 Å². The maximum atomic E-state index is 12.6. The molecule has 0 aliphatic rings. The summed E-state index contributed by atoms with van der Waals surface area (Å²) in [5.41, 5.74) is -1.18. The van der Waals surface area contributed by atoms with Crippen molar-refractivity contribution < 1.29 is 31.1 Å². The Balaban J connectivity index is 1.42. The lowest BCUT2D eigenvalue weighted by atomic mass is 10.1. The van der Waals surface area contributed by atoms with Gasteiger partial charge in [-0.1, -0.05) is 23.5 Å². The first-order valence-corrected chi connectivity index (χ1v) is 10.8. The Labute approximate surface area is 190 Å². The van der Waals surface area contributed by atoms with Gasteiger partial charge in [0.25, 0.3) is 0 Å². The van der Waals surface area contributed by atoms with Crippen molar-refractivity contribution >= 4 is 48.7 Å². The fourth-order valence-corrected chi connectivity index (χ4v) is 4.85. The van der Waals surface area contributed by atoms with Crippen LogP contribution >= 0.6 is 22.7 Å². The van der Waals surface area contributed by atoms with E-state index >= 15 is 0 Å². The van der Waals surface area contributed by atoms with Gasteiger partial charge in [0, 0.05) is 5.56 Å². The molecule has 4 rings (SSSR count). The van der Waals surface area contributed by atoms with Crippen LogP contribution in [0.4, 0.5) is 37.0 Å². The molecule has 2 aromatic carbocycles. The molecule has 0 spiro atoms. The van der Waals surface area contributed by atoms with Gasteiger partial charge in [-0.2, -0.15) is 26.3 Å². The SMILES string of the molecule is O=C(Cc1nc2sc(N=Nc3ccc(C(F)(F)F)cc3)cc2s1)c1ccc(C(F)(F)F)cc1. The molecule has 0 unspecified atom stereocenters. The second-order valence-corrected chi connectivity index (χ2v) is 8.91. The van der Waals surface area contributed by atoms with Crippen LogP contribution in [0.2, 0.25) is 0 Å². The molecule has 0 radical (unpaired) electrons.